The molecular formula is C32H36Cl2N4O2. The SMILES string of the molecule is CNC(=O)NC1(c2ccccc2)CCN(C[C@@H]2C[C@@]2(C(=O)N(C)Cc2ccccc2)c2ccc(Cl)c(Cl)c2)CC1. The molecule has 8 heteroatoms. The van der Waals surface area contributed by atoms with E-state index >= 15 is 0 Å². The minimum atomic E-state index is -0.633. The number of nitrogens with zero attached hydrogens (tertiary/aromatic N) is 2. The number of likely N-dealkylation sites (tertiary alicyclic amines) is 1. The second kappa shape index (κ2) is 11.8. The standard InChI is InChI=1S/C32H36Cl2N4O2/c1-35-30(40)36-31(24-11-7-4-8-12-24)15-17-38(18-16-31)22-26-20-32(26,25-13-14-27(33)28(34)19-25)29(39)37(2)21-23-9-5-3-6-10-23/h3-14,19,26H,15-18,20-22H2,1-2H3,(H2,35,36,40)/t26-,32+/m0/s1. The number of urea groups is 1. The lowest BCUT2D eigenvalue weighted by molar-refractivity contribution is -0.133. The van der Waals surface area contributed by atoms with E-state index in [-0.39, 0.29) is 17.9 Å². The second-order valence-corrected chi connectivity index (χ2v) is 11.9. The van der Waals surface area contributed by atoms with Gasteiger partial charge >= 0.3 is 6.03 Å². The van der Waals surface area contributed by atoms with E-state index < -0.39 is 11.0 Å². The van der Waals surface area contributed by atoms with Crippen molar-refractivity contribution in [2.75, 3.05) is 33.7 Å². The van der Waals surface area contributed by atoms with E-state index in [1.165, 1.54) is 0 Å². The first-order chi connectivity index (χ1) is 19.3. The predicted molar refractivity (Wildman–Crippen MR) is 161 cm³/mol. The van der Waals surface area contributed by atoms with Crippen molar-refractivity contribution < 1.29 is 9.59 Å². The molecule has 6 nitrogen and oxygen atoms in total. The Morgan fingerprint density at radius 2 is 1.57 bits per heavy atom. The van der Waals surface area contributed by atoms with Crippen molar-refractivity contribution in [3.05, 3.63) is 106 Å². The molecule has 0 bridgehead atoms. The van der Waals surface area contributed by atoms with Gasteiger partial charge in [0.1, 0.15) is 0 Å². The van der Waals surface area contributed by atoms with Crippen LogP contribution in [-0.2, 0) is 22.3 Å². The summed E-state index contributed by atoms with van der Waals surface area (Å²) < 4.78 is 0. The van der Waals surface area contributed by atoms with Crippen molar-refractivity contribution >= 4 is 35.1 Å². The number of halogens is 2. The van der Waals surface area contributed by atoms with Crippen LogP contribution in [0, 0.1) is 5.92 Å². The number of likely N-dealkylation sites (N-methyl/N-ethyl adjacent to an activating group) is 1. The highest BCUT2D eigenvalue weighted by molar-refractivity contribution is 6.42. The van der Waals surface area contributed by atoms with Gasteiger partial charge in [0.25, 0.3) is 0 Å². The molecule has 2 aliphatic rings. The largest absolute Gasteiger partial charge is 0.341 e. The Hall–Kier alpha value is -3.06. The molecule has 3 aromatic carbocycles. The van der Waals surface area contributed by atoms with Crippen molar-refractivity contribution in [3.8, 4) is 0 Å². The zero-order valence-electron chi connectivity index (χ0n) is 23.0. The highest BCUT2D eigenvalue weighted by Gasteiger charge is 2.62. The molecule has 0 unspecified atom stereocenters. The van der Waals surface area contributed by atoms with Crippen LogP contribution in [0.3, 0.4) is 0 Å². The summed E-state index contributed by atoms with van der Waals surface area (Å²) in [5.74, 6) is 0.267. The molecule has 210 valence electrons. The fourth-order valence-corrected chi connectivity index (χ4v) is 6.58. The Morgan fingerprint density at radius 3 is 2.20 bits per heavy atom. The summed E-state index contributed by atoms with van der Waals surface area (Å²) in [7, 11) is 3.52. The van der Waals surface area contributed by atoms with Crippen LogP contribution in [0.2, 0.25) is 10.0 Å². The van der Waals surface area contributed by atoms with Gasteiger partial charge in [-0.25, -0.2) is 4.79 Å². The third kappa shape index (κ3) is 5.71. The van der Waals surface area contributed by atoms with Gasteiger partial charge in [-0.3, -0.25) is 4.79 Å². The first kappa shape index (κ1) is 28.5. The zero-order valence-corrected chi connectivity index (χ0v) is 24.5. The van der Waals surface area contributed by atoms with E-state index in [1.807, 2.05) is 72.6 Å². The summed E-state index contributed by atoms with van der Waals surface area (Å²) in [6.07, 6.45) is 2.34. The lowest BCUT2D eigenvalue weighted by Crippen LogP contribution is -2.55. The molecule has 1 aliphatic heterocycles. The van der Waals surface area contributed by atoms with Crippen LogP contribution in [0.15, 0.2) is 78.9 Å². The molecule has 0 radical (unpaired) electrons. The average molecular weight is 580 g/mol. The molecule has 2 fully saturated rings. The predicted octanol–water partition coefficient (Wildman–Crippen LogP) is 5.83. The van der Waals surface area contributed by atoms with Crippen molar-refractivity contribution in [3.63, 3.8) is 0 Å². The molecule has 1 aliphatic carbocycles. The number of piperidine rings is 1. The molecule has 5 rings (SSSR count). The number of hydrogen-bond acceptors (Lipinski definition) is 3. The fourth-order valence-electron chi connectivity index (χ4n) is 6.28. The quantitative estimate of drug-likeness (QED) is 0.353. The smallest absolute Gasteiger partial charge is 0.315 e. The Kier molecular flexibility index (Phi) is 8.41. The lowest BCUT2D eigenvalue weighted by Gasteiger charge is -2.43. The van der Waals surface area contributed by atoms with Crippen LogP contribution in [0.1, 0.15) is 36.0 Å². The van der Waals surface area contributed by atoms with Crippen molar-refractivity contribution in [1.82, 2.24) is 20.4 Å². The van der Waals surface area contributed by atoms with E-state index in [4.69, 9.17) is 23.2 Å². The number of nitrogens with one attached hydrogen (secondary N) is 2. The van der Waals surface area contributed by atoms with Crippen LogP contribution >= 0.6 is 23.2 Å². The maximum atomic E-state index is 14.1. The molecule has 3 aromatic rings. The fraction of sp³-hybridized carbons (Fsp3) is 0.375. The third-order valence-electron chi connectivity index (χ3n) is 8.63. The van der Waals surface area contributed by atoms with Gasteiger partial charge in [-0.2, -0.15) is 0 Å². The normalized spacial score (nSPS) is 21.9. The molecule has 3 amide bonds. The number of carbonyl (C=O) groups is 2. The molecule has 2 atom stereocenters. The first-order valence-electron chi connectivity index (χ1n) is 13.8. The van der Waals surface area contributed by atoms with E-state index in [9.17, 15) is 9.59 Å². The number of benzene rings is 3. The summed E-state index contributed by atoms with van der Waals surface area (Å²) in [5.41, 5.74) is 2.08. The Bertz CT molecular complexity index is 1350. The third-order valence-corrected chi connectivity index (χ3v) is 9.36. The molecule has 2 N–H and O–H groups in total. The van der Waals surface area contributed by atoms with Crippen molar-refractivity contribution in [1.29, 1.82) is 0 Å². The van der Waals surface area contributed by atoms with E-state index in [0.717, 1.165) is 55.6 Å². The maximum Gasteiger partial charge on any atom is 0.315 e. The van der Waals surface area contributed by atoms with Crippen LogP contribution in [0.25, 0.3) is 0 Å². The average Bonchev–Trinajstić information content (AvgIpc) is 3.70. The maximum absolute atomic E-state index is 14.1. The van der Waals surface area contributed by atoms with E-state index in [0.29, 0.717) is 16.6 Å². The minimum Gasteiger partial charge on any atom is -0.341 e. The highest BCUT2D eigenvalue weighted by atomic mass is 35.5. The Balaban J connectivity index is 1.34. The summed E-state index contributed by atoms with van der Waals surface area (Å²) in [4.78, 5) is 30.8. The number of rotatable bonds is 8. The van der Waals surface area contributed by atoms with Gasteiger partial charge in [0.05, 0.1) is 21.0 Å². The topological polar surface area (TPSA) is 64.7 Å². The Labute approximate surface area is 246 Å². The molecular weight excluding hydrogens is 543 g/mol. The monoisotopic (exact) mass is 578 g/mol. The van der Waals surface area contributed by atoms with Crippen molar-refractivity contribution in [2.45, 2.75) is 36.8 Å². The molecule has 1 saturated carbocycles. The second-order valence-electron chi connectivity index (χ2n) is 11.1. The van der Waals surface area contributed by atoms with Gasteiger partial charge in [0.15, 0.2) is 0 Å². The molecule has 0 aromatic heterocycles. The highest BCUT2D eigenvalue weighted by Crippen LogP contribution is 2.56. The van der Waals surface area contributed by atoms with Gasteiger partial charge in [0, 0.05) is 40.3 Å². The molecule has 40 heavy (non-hydrogen) atoms. The molecule has 1 saturated heterocycles. The number of carbonyl (C=O) groups excluding carboxylic acids is 2. The van der Waals surface area contributed by atoms with Crippen molar-refractivity contribution in [2.24, 2.45) is 5.92 Å². The summed E-state index contributed by atoms with van der Waals surface area (Å²) >= 11 is 12.7. The zero-order chi connectivity index (χ0) is 28.3. The van der Waals surface area contributed by atoms with Gasteiger partial charge < -0.3 is 20.4 Å². The lowest BCUT2D eigenvalue weighted by atomic mass is 9.80. The minimum absolute atomic E-state index is 0.108. The Morgan fingerprint density at radius 1 is 0.925 bits per heavy atom. The van der Waals surface area contributed by atoms with Gasteiger partial charge in [0.2, 0.25) is 5.91 Å². The molecule has 0 spiro atoms. The van der Waals surface area contributed by atoms with E-state index in [2.05, 4.69) is 27.7 Å². The van der Waals surface area contributed by atoms with Crippen LogP contribution in [-0.4, -0.2) is 55.5 Å². The van der Waals surface area contributed by atoms with Crippen LogP contribution in [0.4, 0.5) is 4.79 Å². The summed E-state index contributed by atoms with van der Waals surface area (Å²) in [6, 6.07) is 25.7. The van der Waals surface area contributed by atoms with E-state index in [1.54, 1.807) is 13.1 Å². The van der Waals surface area contributed by atoms with Crippen LogP contribution in [0.5, 0.6) is 0 Å². The molecule has 1 heterocycles. The first-order valence-corrected chi connectivity index (χ1v) is 14.6. The summed E-state index contributed by atoms with van der Waals surface area (Å²) in [5, 5.41) is 6.90. The van der Waals surface area contributed by atoms with Crippen LogP contribution < -0.4 is 10.6 Å². The number of amides is 3. The summed E-state index contributed by atoms with van der Waals surface area (Å²) in [6.45, 7) is 2.99. The van der Waals surface area contributed by atoms with Gasteiger partial charge in [-0.15, -0.1) is 0 Å². The van der Waals surface area contributed by atoms with Gasteiger partial charge in [-0.1, -0.05) is 89.9 Å². The number of hydrogen-bond donors (Lipinski definition) is 2. The van der Waals surface area contributed by atoms with Gasteiger partial charge in [-0.05, 0) is 54.0 Å².